The van der Waals surface area contributed by atoms with Crippen LogP contribution in [0.1, 0.15) is 38.9 Å². The standard InChI is InChI=1S/C40H29NO/c1-24-12-16-28-29-17-13-25(2)21-33(29)40(32(28)20-24)34-22-26(3)14-18-30(34)31-19-15-27(23-35(31)40)41-36-8-4-6-10-38(36)42-39-11-7-5-9-37(39)41/h4-23H,1-3H3. The topological polar surface area (TPSA) is 12.5 Å². The van der Waals surface area contributed by atoms with Crippen molar-refractivity contribution in [2.24, 2.45) is 0 Å². The van der Waals surface area contributed by atoms with Gasteiger partial charge in [0.25, 0.3) is 0 Å². The molecule has 0 amide bonds. The van der Waals surface area contributed by atoms with E-state index in [2.05, 4.69) is 135 Å². The maximum atomic E-state index is 6.36. The van der Waals surface area contributed by atoms with Gasteiger partial charge in [0.1, 0.15) is 0 Å². The van der Waals surface area contributed by atoms with E-state index in [0.29, 0.717) is 0 Å². The van der Waals surface area contributed by atoms with Crippen molar-refractivity contribution in [2.45, 2.75) is 26.2 Å². The van der Waals surface area contributed by atoms with Crippen molar-refractivity contribution in [3.05, 3.63) is 160 Å². The van der Waals surface area contributed by atoms with Crippen LogP contribution in [0.25, 0.3) is 22.3 Å². The Labute approximate surface area is 246 Å². The average Bonchev–Trinajstić information content (AvgIpc) is 3.45. The van der Waals surface area contributed by atoms with Gasteiger partial charge < -0.3 is 9.64 Å². The molecule has 0 N–H and O–H groups in total. The fourth-order valence-electron chi connectivity index (χ4n) is 7.68. The van der Waals surface area contributed by atoms with Gasteiger partial charge in [0.15, 0.2) is 11.5 Å². The Morgan fingerprint density at radius 3 is 1.33 bits per heavy atom. The molecule has 2 heteroatoms. The van der Waals surface area contributed by atoms with Gasteiger partial charge in [0.2, 0.25) is 0 Å². The van der Waals surface area contributed by atoms with Crippen molar-refractivity contribution >= 4 is 17.1 Å². The van der Waals surface area contributed by atoms with Gasteiger partial charge in [-0.1, -0.05) is 102 Å². The van der Waals surface area contributed by atoms with Gasteiger partial charge in [-0.05, 0) is 102 Å². The second kappa shape index (κ2) is 8.24. The Hall–Kier alpha value is -5.08. The molecule has 2 aliphatic carbocycles. The molecule has 0 radical (unpaired) electrons. The number of hydrogen-bond acceptors (Lipinski definition) is 2. The van der Waals surface area contributed by atoms with Crippen LogP contribution in [-0.2, 0) is 5.41 Å². The third kappa shape index (κ3) is 2.94. The van der Waals surface area contributed by atoms with Gasteiger partial charge >= 0.3 is 0 Å². The molecule has 9 rings (SSSR count). The predicted molar refractivity (Wildman–Crippen MR) is 172 cm³/mol. The molecule has 200 valence electrons. The van der Waals surface area contributed by atoms with Crippen LogP contribution in [0.2, 0.25) is 0 Å². The van der Waals surface area contributed by atoms with Gasteiger partial charge in [-0.25, -0.2) is 0 Å². The van der Waals surface area contributed by atoms with E-state index in [1.807, 2.05) is 12.1 Å². The highest BCUT2D eigenvalue weighted by Gasteiger charge is 2.52. The van der Waals surface area contributed by atoms with Crippen molar-refractivity contribution in [3.8, 4) is 33.8 Å². The lowest BCUT2D eigenvalue weighted by Crippen LogP contribution is -2.26. The summed E-state index contributed by atoms with van der Waals surface area (Å²) in [6.45, 7) is 6.65. The molecule has 0 unspecified atom stereocenters. The number of fused-ring (bicyclic) bond motifs is 12. The molecule has 42 heavy (non-hydrogen) atoms. The van der Waals surface area contributed by atoms with Crippen LogP contribution in [0.15, 0.2) is 121 Å². The maximum Gasteiger partial charge on any atom is 0.151 e. The summed E-state index contributed by atoms with van der Waals surface area (Å²) in [5.41, 5.74) is 17.5. The Morgan fingerprint density at radius 2 is 0.857 bits per heavy atom. The molecule has 6 aromatic carbocycles. The van der Waals surface area contributed by atoms with Crippen molar-refractivity contribution in [1.82, 2.24) is 0 Å². The van der Waals surface area contributed by atoms with Crippen LogP contribution >= 0.6 is 0 Å². The van der Waals surface area contributed by atoms with Gasteiger partial charge in [0.05, 0.1) is 16.8 Å². The first-order chi connectivity index (χ1) is 20.5. The summed E-state index contributed by atoms with van der Waals surface area (Å²) in [5, 5.41) is 0. The average molecular weight is 540 g/mol. The zero-order valence-corrected chi connectivity index (χ0v) is 23.9. The third-order valence-electron chi connectivity index (χ3n) is 9.42. The predicted octanol–water partition coefficient (Wildman–Crippen LogP) is 10.5. The molecule has 1 heterocycles. The quantitative estimate of drug-likeness (QED) is 0.206. The molecular formula is C40H29NO. The fourth-order valence-corrected chi connectivity index (χ4v) is 7.68. The van der Waals surface area contributed by atoms with Crippen LogP contribution in [0.3, 0.4) is 0 Å². The lowest BCUT2D eigenvalue weighted by atomic mass is 9.70. The minimum Gasteiger partial charge on any atom is -0.453 e. The number of para-hydroxylation sites is 4. The van der Waals surface area contributed by atoms with Crippen molar-refractivity contribution < 1.29 is 4.74 Å². The smallest absolute Gasteiger partial charge is 0.151 e. The summed E-state index contributed by atoms with van der Waals surface area (Å²) in [7, 11) is 0. The molecule has 0 atom stereocenters. The van der Waals surface area contributed by atoms with Crippen LogP contribution < -0.4 is 9.64 Å². The first-order valence-electron chi connectivity index (χ1n) is 14.7. The van der Waals surface area contributed by atoms with Crippen molar-refractivity contribution in [2.75, 3.05) is 4.90 Å². The molecule has 6 aromatic rings. The summed E-state index contributed by atoms with van der Waals surface area (Å²) < 4.78 is 6.36. The van der Waals surface area contributed by atoms with E-state index < -0.39 is 0 Å². The van der Waals surface area contributed by atoms with E-state index in [4.69, 9.17) is 4.74 Å². The lowest BCUT2D eigenvalue weighted by Gasteiger charge is -2.35. The highest BCUT2D eigenvalue weighted by molar-refractivity contribution is 5.97. The number of hydrogen-bond donors (Lipinski definition) is 0. The van der Waals surface area contributed by atoms with Gasteiger partial charge in [-0.2, -0.15) is 0 Å². The number of ether oxygens (including phenoxy) is 1. The Kier molecular flexibility index (Phi) is 4.63. The lowest BCUT2D eigenvalue weighted by molar-refractivity contribution is 0.477. The molecule has 1 spiro atoms. The molecule has 1 aliphatic heterocycles. The SMILES string of the molecule is Cc1ccc2c(c1)C1(c3cc(C)ccc3-2)c2cc(C)ccc2-c2ccc(N3c4ccccc4Oc4ccccc43)cc21. The maximum absolute atomic E-state index is 6.36. The minimum absolute atomic E-state index is 0.388. The molecule has 0 saturated heterocycles. The van der Waals surface area contributed by atoms with E-state index in [9.17, 15) is 0 Å². The Bertz CT molecular complexity index is 2000. The molecule has 0 fully saturated rings. The monoisotopic (exact) mass is 539 g/mol. The number of benzene rings is 6. The molecule has 0 bridgehead atoms. The Morgan fingerprint density at radius 1 is 0.452 bits per heavy atom. The number of anilines is 3. The normalized spacial score (nSPS) is 14.4. The molecular weight excluding hydrogens is 510 g/mol. The van der Waals surface area contributed by atoms with Crippen LogP contribution in [0.5, 0.6) is 11.5 Å². The summed E-state index contributed by atoms with van der Waals surface area (Å²) in [5.74, 6) is 1.74. The highest BCUT2D eigenvalue weighted by Crippen LogP contribution is 2.64. The second-order valence-corrected chi connectivity index (χ2v) is 12.0. The van der Waals surface area contributed by atoms with Crippen LogP contribution in [-0.4, -0.2) is 0 Å². The zero-order valence-electron chi connectivity index (χ0n) is 23.9. The van der Waals surface area contributed by atoms with Crippen molar-refractivity contribution in [3.63, 3.8) is 0 Å². The van der Waals surface area contributed by atoms with E-state index in [0.717, 1.165) is 28.6 Å². The second-order valence-electron chi connectivity index (χ2n) is 12.0. The minimum atomic E-state index is -0.388. The third-order valence-corrected chi connectivity index (χ3v) is 9.42. The summed E-state index contributed by atoms with van der Waals surface area (Å²) in [6.07, 6.45) is 0. The van der Waals surface area contributed by atoms with Gasteiger partial charge in [0, 0.05) is 5.69 Å². The summed E-state index contributed by atoms with van der Waals surface area (Å²) in [4.78, 5) is 2.36. The van der Waals surface area contributed by atoms with E-state index in [1.165, 1.54) is 61.2 Å². The van der Waals surface area contributed by atoms with Crippen molar-refractivity contribution in [1.29, 1.82) is 0 Å². The molecule has 0 saturated carbocycles. The first-order valence-corrected chi connectivity index (χ1v) is 14.7. The van der Waals surface area contributed by atoms with Crippen LogP contribution in [0, 0.1) is 20.8 Å². The Balaban J connectivity index is 1.39. The molecule has 0 aromatic heterocycles. The number of nitrogens with zero attached hydrogens (tertiary/aromatic N) is 1. The largest absolute Gasteiger partial charge is 0.453 e. The number of rotatable bonds is 1. The zero-order chi connectivity index (χ0) is 28.2. The molecule has 3 aliphatic rings. The van der Waals surface area contributed by atoms with Gasteiger partial charge in [-0.15, -0.1) is 0 Å². The van der Waals surface area contributed by atoms with E-state index in [1.54, 1.807) is 0 Å². The molecule has 2 nitrogen and oxygen atoms in total. The first kappa shape index (κ1) is 23.6. The van der Waals surface area contributed by atoms with Crippen LogP contribution in [0.4, 0.5) is 17.1 Å². The highest BCUT2D eigenvalue weighted by atomic mass is 16.5. The van der Waals surface area contributed by atoms with E-state index >= 15 is 0 Å². The summed E-state index contributed by atoms with van der Waals surface area (Å²) >= 11 is 0. The summed E-state index contributed by atoms with van der Waals surface area (Å²) in [6, 6.07) is 44.8. The number of aryl methyl sites for hydroxylation is 3. The fraction of sp³-hybridized carbons (Fsp3) is 0.100. The van der Waals surface area contributed by atoms with E-state index in [-0.39, 0.29) is 5.41 Å². The van der Waals surface area contributed by atoms with Gasteiger partial charge in [-0.3, -0.25) is 0 Å².